The number of hydrogen-bond donors (Lipinski definition) is 1. The van der Waals surface area contributed by atoms with Crippen molar-refractivity contribution in [3.63, 3.8) is 0 Å². The first-order valence-electron chi connectivity index (χ1n) is 5.78. The summed E-state index contributed by atoms with van der Waals surface area (Å²) >= 11 is 1.30. The third kappa shape index (κ3) is 2.67. The van der Waals surface area contributed by atoms with Gasteiger partial charge in [-0.25, -0.2) is 13.8 Å². The molecule has 0 aliphatic rings. The summed E-state index contributed by atoms with van der Waals surface area (Å²) in [5.74, 6) is -1.05. The highest BCUT2D eigenvalue weighted by Crippen LogP contribution is 2.26. The third-order valence-corrected chi connectivity index (χ3v) is 3.61. The number of nitrogen functional groups attached to an aromatic ring is 1. The molecular weight excluding hydrogens is 254 g/mol. The van der Waals surface area contributed by atoms with E-state index in [1.807, 2.05) is 6.92 Å². The van der Waals surface area contributed by atoms with Gasteiger partial charge in [0.05, 0.1) is 5.69 Å². The lowest BCUT2D eigenvalue weighted by Gasteiger charge is -2.04. The maximum Gasteiger partial charge on any atom is 0.180 e. The maximum absolute atomic E-state index is 13.6. The van der Waals surface area contributed by atoms with Crippen LogP contribution in [-0.2, 0) is 12.8 Å². The normalized spacial score (nSPS) is 10.8. The Morgan fingerprint density at radius 2 is 1.94 bits per heavy atom. The summed E-state index contributed by atoms with van der Waals surface area (Å²) in [4.78, 5) is 5.05. The zero-order valence-corrected chi connectivity index (χ0v) is 10.9. The van der Waals surface area contributed by atoms with Gasteiger partial charge in [-0.2, -0.15) is 0 Å². The molecule has 0 radical (unpaired) electrons. The number of nitrogens with two attached hydrogens (primary N) is 1. The van der Waals surface area contributed by atoms with E-state index in [4.69, 9.17) is 5.73 Å². The van der Waals surface area contributed by atoms with Crippen molar-refractivity contribution < 1.29 is 8.78 Å². The lowest BCUT2D eigenvalue weighted by molar-refractivity contribution is 0.561. The summed E-state index contributed by atoms with van der Waals surface area (Å²) in [6.45, 7) is 2.03. The molecule has 0 saturated heterocycles. The second kappa shape index (κ2) is 5.44. The lowest BCUT2D eigenvalue weighted by Crippen LogP contribution is -1.98. The largest absolute Gasteiger partial charge is 0.375 e. The predicted molar refractivity (Wildman–Crippen MR) is 69.7 cm³/mol. The second-order valence-corrected chi connectivity index (χ2v) is 5.16. The van der Waals surface area contributed by atoms with Crippen LogP contribution in [0.5, 0.6) is 0 Å². The summed E-state index contributed by atoms with van der Waals surface area (Å²) in [5.41, 5.74) is 6.59. The van der Waals surface area contributed by atoms with Crippen LogP contribution >= 0.6 is 11.3 Å². The molecule has 96 valence electrons. The molecule has 1 aromatic carbocycles. The van der Waals surface area contributed by atoms with E-state index in [0.717, 1.165) is 23.4 Å². The van der Waals surface area contributed by atoms with Crippen molar-refractivity contribution in [3.05, 3.63) is 46.0 Å². The molecule has 2 aromatic rings. The fourth-order valence-electron chi connectivity index (χ4n) is 1.84. The van der Waals surface area contributed by atoms with Gasteiger partial charge in [-0.15, -0.1) is 11.3 Å². The van der Waals surface area contributed by atoms with E-state index in [2.05, 4.69) is 4.98 Å². The maximum atomic E-state index is 13.6. The number of benzene rings is 1. The van der Waals surface area contributed by atoms with Crippen LogP contribution in [0.2, 0.25) is 0 Å². The quantitative estimate of drug-likeness (QED) is 0.921. The SMILES string of the molecule is CCCc1nc(N)sc1Cc1c(F)cccc1F. The Morgan fingerprint density at radius 3 is 2.56 bits per heavy atom. The summed E-state index contributed by atoms with van der Waals surface area (Å²) in [6, 6.07) is 3.90. The first-order valence-corrected chi connectivity index (χ1v) is 6.60. The van der Waals surface area contributed by atoms with E-state index in [1.165, 1.54) is 29.5 Å². The topological polar surface area (TPSA) is 38.9 Å². The van der Waals surface area contributed by atoms with Gasteiger partial charge in [0.2, 0.25) is 0 Å². The average molecular weight is 268 g/mol. The molecule has 0 fully saturated rings. The van der Waals surface area contributed by atoms with Gasteiger partial charge in [-0.3, -0.25) is 0 Å². The van der Waals surface area contributed by atoms with Gasteiger partial charge in [-0.05, 0) is 18.6 Å². The molecule has 1 heterocycles. The van der Waals surface area contributed by atoms with Gasteiger partial charge in [-0.1, -0.05) is 19.4 Å². The van der Waals surface area contributed by atoms with Crippen LogP contribution in [0.4, 0.5) is 13.9 Å². The molecule has 0 spiro atoms. The Labute approximate surface area is 108 Å². The average Bonchev–Trinajstić information content (AvgIpc) is 2.65. The molecule has 0 saturated carbocycles. The van der Waals surface area contributed by atoms with Crippen molar-refractivity contribution in [3.8, 4) is 0 Å². The number of aromatic nitrogens is 1. The number of anilines is 1. The van der Waals surface area contributed by atoms with Gasteiger partial charge in [0.15, 0.2) is 5.13 Å². The molecule has 0 unspecified atom stereocenters. The van der Waals surface area contributed by atoms with E-state index in [9.17, 15) is 8.78 Å². The first-order chi connectivity index (χ1) is 8.61. The third-order valence-electron chi connectivity index (χ3n) is 2.68. The van der Waals surface area contributed by atoms with Gasteiger partial charge in [0.1, 0.15) is 11.6 Å². The van der Waals surface area contributed by atoms with Gasteiger partial charge in [0, 0.05) is 16.9 Å². The van der Waals surface area contributed by atoms with Crippen molar-refractivity contribution in [1.29, 1.82) is 0 Å². The molecule has 0 bridgehead atoms. The van der Waals surface area contributed by atoms with Crippen molar-refractivity contribution in [2.24, 2.45) is 0 Å². The molecule has 5 heteroatoms. The fraction of sp³-hybridized carbons (Fsp3) is 0.308. The number of rotatable bonds is 4. The highest BCUT2D eigenvalue weighted by molar-refractivity contribution is 7.15. The Morgan fingerprint density at radius 1 is 1.28 bits per heavy atom. The molecule has 1 aromatic heterocycles. The minimum atomic E-state index is -0.524. The van der Waals surface area contributed by atoms with E-state index in [-0.39, 0.29) is 12.0 Å². The number of aryl methyl sites for hydroxylation is 1. The minimum Gasteiger partial charge on any atom is -0.375 e. The number of halogens is 2. The first kappa shape index (κ1) is 13.0. The molecule has 0 aliphatic carbocycles. The summed E-state index contributed by atoms with van der Waals surface area (Å²) in [5, 5.41) is 0.449. The standard InChI is InChI=1S/C13H14F2N2S/c1-2-4-11-12(18-13(16)17-11)7-8-9(14)5-3-6-10(8)15/h3,5-6H,2,4,7H2,1H3,(H2,16,17). The van der Waals surface area contributed by atoms with E-state index in [1.54, 1.807) is 0 Å². The van der Waals surface area contributed by atoms with Gasteiger partial charge < -0.3 is 5.73 Å². The van der Waals surface area contributed by atoms with E-state index >= 15 is 0 Å². The number of hydrogen-bond acceptors (Lipinski definition) is 3. The van der Waals surface area contributed by atoms with Gasteiger partial charge in [0.25, 0.3) is 0 Å². The van der Waals surface area contributed by atoms with E-state index < -0.39 is 11.6 Å². The molecule has 18 heavy (non-hydrogen) atoms. The molecule has 0 amide bonds. The molecule has 0 atom stereocenters. The molecule has 2 rings (SSSR count). The van der Waals surface area contributed by atoms with Crippen LogP contribution in [0, 0.1) is 11.6 Å². The Hall–Kier alpha value is -1.49. The smallest absolute Gasteiger partial charge is 0.180 e. The van der Waals surface area contributed by atoms with Crippen LogP contribution in [0.25, 0.3) is 0 Å². The van der Waals surface area contributed by atoms with Crippen molar-refractivity contribution >= 4 is 16.5 Å². The minimum absolute atomic E-state index is 0.0819. The lowest BCUT2D eigenvalue weighted by atomic mass is 10.1. The fourth-order valence-corrected chi connectivity index (χ4v) is 2.73. The van der Waals surface area contributed by atoms with Gasteiger partial charge >= 0.3 is 0 Å². The van der Waals surface area contributed by atoms with Crippen LogP contribution in [0.1, 0.15) is 29.5 Å². The van der Waals surface area contributed by atoms with Crippen molar-refractivity contribution in [2.45, 2.75) is 26.2 Å². The predicted octanol–water partition coefficient (Wildman–Crippen LogP) is 3.55. The van der Waals surface area contributed by atoms with Crippen LogP contribution in [0.15, 0.2) is 18.2 Å². The van der Waals surface area contributed by atoms with Crippen molar-refractivity contribution in [2.75, 3.05) is 5.73 Å². The monoisotopic (exact) mass is 268 g/mol. The van der Waals surface area contributed by atoms with Crippen LogP contribution in [0.3, 0.4) is 0 Å². The zero-order valence-electron chi connectivity index (χ0n) is 10.0. The van der Waals surface area contributed by atoms with E-state index in [0.29, 0.717) is 5.13 Å². The second-order valence-electron chi connectivity index (χ2n) is 4.05. The van der Waals surface area contributed by atoms with Crippen LogP contribution < -0.4 is 5.73 Å². The molecule has 2 N–H and O–H groups in total. The highest BCUT2D eigenvalue weighted by atomic mass is 32.1. The molecule has 0 aliphatic heterocycles. The summed E-state index contributed by atoms with van der Waals surface area (Å²) in [7, 11) is 0. The number of thiazole rings is 1. The molecule has 2 nitrogen and oxygen atoms in total. The van der Waals surface area contributed by atoms with Crippen LogP contribution in [-0.4, -0.2) is 4.98 Å². The van der Waals surface area contributed by atoms with Crippen molar-refractivity contribution in [1.82, 2.24) is 4.98 Å². The summed E-state index contributed by atoms with van der Waals surface area (Å²) < 4.78 is 27.1. The molecular formula is C13H14F2N2S. The number of nitrogens with zero attached hydrogens (tertiary/aromatic N) is 1. The summed E-state index contributed by atoms with van der Waals surface area (Å²) in [6.07, 6.45) is 1.91. The zero-order chi connectivity index (χ0) is 13.1. The Bertz CT molecular complexity index is 532. The Kier molecular flexibility index (Phi) is 3.91. The Balaban J connectivity index is 2.33. The highest BCUT2D eigenvalue weighted by Gasteiger charge is 2.14.